The van der Waals surface area contributed by atoms with E-state index in [1.165, 1.54) is 42.5 Å². The number of hydrogen-bond donors (Lipinski definition) is 0. The number of carbonyl (C=O) groups excluding carboxylic acids is 2. The van der Waals surface area contributed by atoms with Gasteiger partial charge < -0.3 is 0 Å². The van der Waals surface area contributed by atoms with E-state index in [0.717, 1.165) is 13.1 Å². The first-order chi connectivity index (χ1) is 10.1. The molecule has 0 radical (unpaired) electrons. The molecular weight excluding hydrogens is 270 g/mol. The molecule has 2 saturated heterocycles. The van der Waals surface area contributed by atoms with Gasteiger partial charge in [-0.2, -0.15) is 0 Å². The number of urea groups is 1. The molecule has 7 nitrogen and oxygen atoms in total. The van der Waals surface area contributed by atoms with Crippen molar-refractivity contribution in [2.24, 2.45) is 4.99 Å². The van der Waals surface area contributed by atoms with Crippen LogP contribution in [0.25, 0.3) is 0 Å². The lowest BCUT2D eigenvalue weighted by Crippen LogP contribution is -2.62. The van der Waals surface area contributed by atoms with Crippen molar-refractivity contribution in [2.45, 2.75) is 31.7 Å². The molecule has 7 heteroatoms. The Morgan fingerprint density at radius 2 is 1.81 bits per heavy atom. The molecule has 0 aromatic heterocycles. The van der Waals surface area contributed by atoms with Crippen molar-refractivity contribution in [3.05, 3.63) is 0 Å². The van der Waals surface area contributed by atoms with Crippen LogP contribution in [0.3, 0.4) is 0 Å². The Kier molecular flexibility index (Phi) is 3.75. The molecule has 0 aromatic rings. The van der Waals surface area contributed by atoms with E-state index in [9.17, 15) is 9.59 Å². The van der Waals surface area contributed by atoms with Crippen molar-refractivity contribution >= 4 is 24.1 Å². The van der Waals surface area contributed by atoms with E-state index in [4.69, 9.17) is 0 Å². The lowest BCUT2D eigenvalue weighted by atomic mass is 10.2. The van der Waals surface area contributed by atoms with Crippen LogP contribution in [0, 0.1) is 0 Å². The Hall–Kier alpha value is -1.76. The van der Waals surface area contributed by atoms with Crippen LogP contribution in [0.15, 0.2) is 4.99 Å². The molecule has 1 atom stereocenters. The predicted molar refractivity (Wildman–Crippen MR) is 78.4 cm³/mol. The quantitative estimate of drug-likeness (QED) is 0.682. The maximum Gasteiger partial charge on any atom is 0.333 e. The number of rotatable bonds is 2. The first-order valence-corrected chi connectivity index (χ1v) is 7.54. The van der Waals surface area contributed by atoms with Crippen LogP contribution in [0.5, 0.6) is 0 Å². The number of likely N-dealkylation sites (N-methyl/N-ethyl adjacent to an activating group) is 2. The van der Waals surface area contributed by atoms with Crippen LogP contribution < -0.4 is 0 Å². The summed E-state index contributed by atoms with van der Waals surface area (Å²) in [5.74, 6) is 0.346. The Balaban J connectivity index is 1.74. The second-order valence-electron chi connectivity index (χ2n) is 5.93. The molecule has 0 spiro atoms. The zero-order valence-electron chi connectivity index (χ0n) is 12.7. The highest BCUT2D eigenvalue weighted by Gasteiger charge is 2.50. The minimum absolute atomic E-state index is 0.194. The molecule has 3 amide bonds. The zero-order valence-corrected chi connectivity index (χ0v) is 12.7. The molecule has 114 valence electrons. The van der Waals surface area contributed by atoms with Crippen LogP contribution in [0.4, 0.5) is 4.79 Å². The van der Waals surface area contributed by atoms with E-state index in [-0.39, 0.29) is 11.9 Å². The molecule has 0 saturated carbocycles. The van der Waals surface area contributed by atoms with Gasteiger partial charge in [-0.1, -0.05) is 12.8 Å². The van der Waals surface area contributed by atoms with Crippen LogP contribution in [-0.4, -0.2) is 83.3 Å². The van der Waals surface area contributed by atoms with Gasteiger partial charge in [0.15, 0.2) is 0 Å². The van der Waals surface area contributed by atoms with E-state index in [1.807, 2.05) is 4.58 Å². The minimum atomic E-state index is -0.457. The van der Waals surface area contributed by atoms with Gasteiger partial charge in [0.25, 0.3) is 24.1 Å². The SMILES string of the molecule is CN1C(=O)C2C(=NC=[N+]2CN2CCCCCC2)N(C)C1=O. The standard InChI is InChI=1S/C14H22N5O2/c1-16-12-11(13(20)17(2)14(16)21)19(9-15-12)10-18-7-5-3-4-6-8-18/h9,11H,3-8,10H2,1-2H3/q+1. The van der Waals surface area contributed by atoms with Crippen LogP contribution >= 0.6 is 0 Å². The van der Waals surface area contributed by atoms with Crippen molar-refractivity contribution < 1.29 is 14.2 Å². The number of fused-ring (bicyclic) bond motifs is 1. The number of aliphatic imine (C=N–C) groups is 1. The summed E-state index contributed by atoms with van der Waals surface area (Å²) in [6.07, 6.45) is 6.68. The molecule has 0 bridgehead atoms. The molecule has 0 aliphatic carbocycles. The lowest BCUT2D eigenvalue weighted by Gasteiger charge is -2.31. The molecule has 3 heterocycles. The molecule has 0 N–H and O–H groups in total. The number of hydrogen-bond acceptors (Lipinski definition) is 4. The normalized spacial score (nSPS) is 27.4. The number of nitrogens with zero attached hydrogens (tertiary/aromatic N) is 5. The third-order valence-electron chi connectivity index (χ3n) is 4.46. The summed E-state index contributed by atoms with van der Waals surface area (Å²) in [6.45, 7) is 2.82. The van der Waals surface area contributed by atoms with Gasteiger partial charge in [-0.15, -0.1) is 0 Å². The van der Waals surface area contributed by atoms with Crippen molar-refractivity contribution in [1.29, 1.82) is 0 Å². The van der Waals surface area contributed by atoms with Gasteiger partial charge >= 0.3 is 6.03 Å². The number of amides is 3. The number of amidine groups is 1. The second kappa shape index (κ2) is 5.55. The Bertz CT molecular complexity index is 519. The molecule has 3 aliphatic heterocycles. The van der Waals surface area contributed by atoms with Gasteiger partial charge in [0.05, 0.1) is 0 Å². The zero-order chi connectivity index (χ0) is 15.0. The smallest absolute Gasteiger partial charge is 0.269 e. The molecule has 2 fully saturated rings. The van der Waals surface area contributed by atoms with Crippen LogP contribution in [-0.2, 0) is 4.79 Å². The van der Waals surface area contributed by atoms with Crippen molar-refractivity contribution in [3.63, 3.8) is 0 Å². The number of imide groups is 1. The van der Waals surface area contributed by atoms with Gasteiger partial charge in [0.2, 0.25) is 0 Å². The fourth-order valence-electron chi connectivity index (χ4n) is 3.17. The summed E-state index contributed by atoms with van der Waals surface area (Å²) in [7, 11) is 3.20. The maximum absolute atomic E-state index is 12.4. The van der Waals surface area contributed by atoms with Crippen LogP contribution in [0.2, 0.25) is 0 Å². The summed E-state index contributed by atoms with van der Waals surface area (Å²) in [5, 5.41) is 0. The fraction of sp³-hybridized carbons (Fsp3) is 0.714. The molecular formula is C14H22N5O2+. The van der Waals surface area contributed by atoms with E-state index in [0.29, 0.717) is 12.5 Å². The Morgan fingerprint density at radius 3 is 2.48 bits per heavy atom. The first kappa shape index (κ1) is 14.2. The summed E-state index contributed by atoms with van der Waals surface area (Å²) in [6, 6.07) is -0.777. The highest BCUT2D eigenvalue weighted by molar-refractivity contribution is 6.21. The van der Waals surface area contributed by atoms with E-state index in [1.54, 1.807) is 13.4 Å². The third-order valence-corrected chi connectivity index (χ3v) is 4.46. The molecule has 1 unspecified atom stereocenters. The fourth-order valence-corrected chi connectivity index (χ4v) is 3.17. The summed E-state index contributed by atoms with van der Waals surface area (Å²) in [5.41, 5.74) is 0. The number of likely N-dealkylation sites (tertiary alicyclic amines) is 1. The molecule has 3 aliphatic rings. The maximum atomic E-state index is 12.4. The monoisotopic (exact) mass is 292 g/mol. The average molecular weight is 292 g/mol. The van der Waals surface area contributed by atoms with Gasteiger partial charge in [-0.25, -0.2) is 9.37 Å². The van der Waals surface area contributed by atoms with Crippen molar-refractivity contribution in [2.75, 3.05) is 33.9 Å². The highest BCUT2D eigenvalue weighted by atomic mass is 16.2. The predicted octanol–water partition coefficient (Wildman–Crippen LogP) is 0.165. The van der Waals surface area contributed by atoms with E-state index in [2.05, 4.69) is 9.89 Å². The first-order valence-electron chi connectivity index (χ1n) is 7.54. The molecule has 21 heavy (non-hydrogen) atoms. The topological polar surface area (TPSA) is 59.2 Å². The minimum Gasteiger partial charge on any atom is -0.269 e. The highest BCUT2D eigenvalue weighted by Crippen LogP contribution is 2.18. The summed E-state index contributed by atoms with van der Waals surface area (Å²) < 4.78 is 1.95. The van der Waals surface area contributed by atoms with Gasteiger partial charge in [0.1, 0.15) is 6.67 Å². The lowest BCUT2D eigenvalue weighted by molar-refractivity contribution is -0.551. The summed E-state index contributed by atoms with van der Waals surface area (Å²) >= 11 is 0. The third kappa shape index (κ3) is 2.46. The molecule has 0 aromatic carbocycles. The average Bonchev–Trinajstić information content (AvgIpc) is 2.71. The van der Waals surface area contributed by atoms with Crippen LogP contribution in [0.1, 0.15) is 25.7 Å². The van der Waals surface area contributed by atoms with Crippen molar-refractivity contribution in [3.8, 4) is 0 Å². The molecule has 3 rings (SSSR count). The second-order valence-corrected chi connectivity index (χ2v) is 5.93. The van der Waals surface area contributed by atoms with Crippen molar-refractivity contribution in [1.82, 2.24) is 14.7 Å². The summed E-state index contributed by atoms with van der Waals surface area (Å²) in [4.78, 5) is 33.6. The Morgan fingerprint density at radius 1 is 1.14 bits per heavy atom. The van der Waals surface area contributed by atoms with Gasteiger partial charge in [-0.05, 0) is 17.8 Å². The Labute approximate surface area is 124 Å². The van der Waals surface area contributed by atoms with Gasteiger partial charge in [-0.3, -0.25) is 19.5 Å². The largest absolute Gasteiger partial charge is 0.333 e. The van der Waals surface area contributed by atoms with E-state index < -0.39 is 6.04 Å². The number of carbonyl (C=O) groups is 2. The van der Waals surface area contributed by atoms with E-state index >= 15 is 0 Å². The van der Waals surface area contributed by atoms with Gasteiger partial charge in [0, 0.05) is 27.2 Å².